The molecule has 0 saturated carbocycles. The summed E-state index contributed by atoms with van der Waals surface area (Å²) in [5, 5.41) is 4.49. The van der Waals surface area contributed by atoms with E-state index in [2.05, 4.69) is 32.2 Å². The first-order chi connectivity index (χ1) is 10.4. The van der Waals surface area contributed by atoms with E-state index in [0.717, 1.165) is 40.7 Å². The van der Waals surface area contributed by atoms with Crippen molar-refractivity contribution in [3.05, 3.63) is 34.6 Å². The molecule has 1 saturated heterocycles. The summed E-state index contributed by atoms with van der Waals surface area (Å²) in [5.41, 5.74) is 4.03. The number of fused-ring (bicyclic) bond motifs is 1. The summed E-state index contributed by atoms with van der Waals surface area (Å²) >= 11 is 0. The number of amides is 1. The highest BCUT2D eigenvalue weighted by Crippen LogP contribution is 2.31. The van der Waals surface area contributed by atoms with Gasteiger partial charge in [-0.15, -0.1) is 0 Å². The zero-order chi connectivity index (χ0) is 16.0. The smallest absolute Gasteiger partial charge is 0.290 e. The Morgan fingerprint density at radius 2 is 1.91 bits per heavy atom. The number of carbonyl (C=O) groups excluding carboxylic acids is 1. The van der Waals surface area contributed by atoms with Crippen LogP contribution >= 0.6 is 0 Å². The Hall–Kier alpha value is -1.81. The van der Waals surface area contributed by atoms with Gasteiger partial charge in [-0.3, -0.25) is 4.79 Å². The van der Waals surface area contributed by atoms with Crippen LogP contribution in [-0.2, 0) is 0 Å². The molecule has 2 atom stereocenters. The minimum atomic E-state index is 0.00773. The molecule has 1 aliphatic rings. The van der Waals surface area contributed by atoms with E-state index in [4.69, 9.17) is 4.42 Å². The number of aryl methyl sites for hydroxylation is 3. The lowest BCUT2D eigenvalue weighted by Gasteiger charge is -2.38. The van der Waals surface area contributed by atoms with Crippen molar-refractivity contribution in [2.24, 2.45) is 0 Å². The van der Waals surface area contributed by atoms with E-state index in [0.29, 0.717) is 11.8 Å². The van der Waals surface area contributed by atoms with Gasteiger partial charge in [-0.2, -0.15) is 0 Å². The van der Waals surface area contributed by atoms with Gasteiger partial charge in [-0.1, -0.05) is 12.1 Å². The molecule has 1 amide bonds. The summed E-state index contributed by atoms with van der Waals surface area (Å²) in [6, 6.07) is 4.59. The molecule has 0 spiro atoms. The minimum absolute atomic E-state index is 0.00773. The predicted octanol–water partition coefficient (Wildman–Crippen LogP) is 3.18. The molecule has 0 bridgehead atoms. The molecule has 0 aliphatic carbocycles. The van der Waals surface area contributed by atoms with Gasteiger partial charge < -0.3 is 14.6 Å². The van der Waals surface area contributed by atoms with Gasteiger partial charge in [0, 0.05) is 36.1 Å². The molecule has 1 N–H and O–H groups in total. The van der Waals surface area contributed by atoms with Crippen molar-refractivity contribution in [3.8, 4) is 0 Å². The number of carbonyl (C=O) groups is 1. The van der Waals surface area contributed by atoms with Crippen molar-refractivity contribution in [1.29, 1.82) is 0 Å². The van der Waals surface area contributed by atoms with Crippen LogP contribution in [0.15, 0.2) is 16.5 Å². The fraction of sp³-hybridized carbons (Fsp3) is 0.500. The summed E-state index contributed by atoms with van der Waals surface area (Å²) in [5.74, 6) is 0.502. The average Bonchev–Trinajstić information content (AvgIpc) is 2.84. The third-order valence-electron chi connectivity index (χ3n) is 4.97. The lowest BCUT2D eigenvalue weighted by Crippen LogP contribution is -2.57. The van der Waals surface area contributed by atoms with Crippen LogP contribution in [0.1, 0.15) is 41.1 Å². The van der Waals surface area contributed by atoms with E-state index < -0.39 is 0 Å². The summed E-state index contributed by atoms with van der Waals surface area (Å²) < 4.78 is 6.00. The van der Waals surface area contributed by atoms with E-state index in [1.807, 2.05) is 24.8 Å². The van der Waals surface area contributed by atoms with Gasteiger partial charge in [0.2, 0.25) is 0 Å². The Bertz CT molecular complexity index is 732. The monoisotopic (exact) mass is 300 g/mol. The van der Waals surface area contributed by atoms with Crippen LogP contribution in [0.4, 0.5) is 0 Å². The Labute approximate surface area is 131 Å². The van der Waals surface area contributed by atoms with Crippen LogP contribution < -0.4 is 5.32 Å². The van der Waals surface area contributed by atoms with Crippen molar-refractivity contribution in [2.45, 2.75) is 46.7 Å². The van der Waals surface area contributed by atoms with Crippen LogP contribution in [0, 0.1) is 20.8 Å². The van der Waals surface area contributed by atoms with Crippen LogP contribution in [0.3, 0.4) is 0 Å². The van der Waals surface area contributed by atoms with Crippen molar-refractivity contribution >= 4 is 16.9 Å². The quantitative estimate of drug-likeness (QED) is 0.880. The molecule has 1 aromatic carbocycles. The lowest BCUT2D eigenvalue weighted by atomic mass is 10.0. The molecule has 0 radical (unpaired) electrons. The molecule has 1 aromatic heterocycles. The summed E-state index contributed by atoms with van der Waals surface area (Å²) in [7, 11) is 0. The number of furan rings is 1. The van der Waals surface area contributed by atoms with E-state index in [1.54, 1.807) is 0 Å². The number of hydrogen-bond donors (Lipinski definition) is 1. The van der Waals surface area contributed by atoms with E-state index in [1.165, 1.54) is 0 Å². The highest BCUT2D eigenvalue weighted by atomic mass is 16.3. The number of nitrogens with one attached hydrogen (secondary N) is 1. The Morgan fingerprint density at radius 3 is 2.59 bits per heavy atom. The summed E-state index contributed by atoms with van der Waals surface area (Å²) in [6.45, 7) is 11.8. The van der Waals surface area contributed by atoms with E-state index in [9.17, 15) is 4.79 Å². The minimum Gasteiger partial charge on any atom is -0.450 e. The first-order valence-electron chi connectivity index (χ1n) is 7.95. The third-order valence-corrected chi connectivity index (χ3v) is 4.97. The van der Waals surface area contributed by atoms with Crippen LogP contribution in [0.25, 0.3) is 11.0 Å². The second-order valence-corrected chi connectivity index (χ2v) is 6.44. The first kappa shape index (κ1) is 15.1. The summed E-state index contributed by atoms with van der Waals surface area (Å²) in [6.07, 6.45) is 0. The van der Waals surface area contributed by atoms with Crippen molar-refractivity contribution in [2.75, 3.05) is 13.1 Å². The zero-order valence-electron chi connectivity index (χ0n) is 14.0. The number of benzene rings is 1. The van der Waals surface area contributed by atoms with Crippen LogP contribution in [0.5, 0.6) is 0 Å². The maximum atomic E-state index is 13.0. The molecular formula is C18H24N2O2. The number of rotatable bonds is 1. The second-order valence-electron chi connectivity index (χ2n) is 6.44. The average molecular weight is 300 g/mol. The van der Waals surface area contributed by atoms with Crippen molar-refractivity contribution in [3.63, 3.8) is 0 Å². The molecule has 1 fully saturated rings. The molecule has 2 unspecified atom stereocenters. The molecule has 118 valence electrons. The van der Waals surface area contributed by atoms with E-state index >= 15 is 0 Å². The topological polar surface area (TPSA) is 45.5 Å². The molecule has 4 nitrogen and oxygen atoms in total. The Morgan fingerprint density at radius 1 is 1.23 bits per heavy atom. The molecule has 22 heavy (non-hydrogen) atoms. The summed E-state index contributed by atoms with van der Waals surface area (Å²) in [4.78, 5) is 14.9. The van der Waals surface area contributed by atoms with E-state index in [-0.39, 0.29) is 11.9 Å². The highest BCUT2D eigenvalue weighted by Gasteiger charge is 2.32. The number of nitrogens with zero attached hydrogens (tertiary/aromatic N) is 1. The standard InChI is InChI=1S/C18H24N2O2/c1-10-6-7-11(2)16-15(10)12(3)17(22-16)18(21)20-9-8-19-13(4)14(20)5/h6-7,13-14,19H,8-9H2,1-5H3. The van der Waals surface area contributed by atoms with Crippen molar-refractivity contribution in [1.82, 2.24) is 10.2 Å². The highest BCUT2D eigenvalue weighted by molar-refractivity contribution is 6.00. The molecule has 4 heteroatoms. The lowest BCUT2D eigenvalue weighted by molar-refractivity contribution is 0.0572. The fourth-order valence-corrected chi connectivity index (χ4v) is 3.35. The number of piperazine rings is 1. The largest absolute Gasteiger partial charge is 0.450 e. The maximum absolute atomic E-state index is 13.0. The Kier molecular flexibility index (Phi) is 3.73. The van der Waals surface area contributed by atoms with Crippen molar-refractivity contribution < 1.29 is 9.21 Å². The van der Waals surface area contributed by atoms with Gasteiger partial charge in [0.25, 0.3) is 5.91 Å². The van der Waals surface area contributed by atoms with Gasteiger partial charge in [-0.05, 0) is 45.7 Å². The predicted molar refractivity (Wildman–Crippen MR) is 88.4 cm³/mol. The number of hydrogen-bond acceptors (Lipinski definition) is 3. The van der Waals surface area contributed by atoms with Crippen LogP contribution in [0.2, 0.25) is 0 Å². The van der Waals surface area contributed by atoms with Gasteiger partial charge in [-0.25, -0.2) is 0 Å². The Balaban J connectivity index is 2.07. The third kappa shape index (κ3) is 2.22. The molecule has 1 aliphatic heterocycles. The molecule has 2 heterocycles. The zero-order valence-corrected chi connectivity index (χ0v) is 14.0. The second kappa shape index (κ2) is 5.43. The molecule has 2 aromatic rings. The maximum Gasteiger partial charge on any atom is 0.290 e. The molecular weight excluding hydrogens is 276 g/mol. The van der Waals surface area contributed by atoms with Gasteiger partial charge in [0.15, 0.2) is 5.76 Å². The van der Waals surface area contributed by atoms with Crippen LogP contribution in [-0.4, -0.2) is 36.0 Å². The SMILES string of the molecule is Cc1ccc(C)c2c(C)c(C(=O)N3CCNC(C)C3C)oc12. The van der Waals surface area contributed by atoms with Gasteiger partial charge in [0.05, 0.1) is 0 Å². The van der Waals surface area contributed by atoms with Gasteiger partial charge >= 0.3 is 0 Å². The molecule has 3 rings (SSSR count). The van der Waals surface area contributed by atoms with Gasteiger partial charge in [0.1, 0.15) is 5.58 Å². The fourth-order valence-electron chi connectivity index (χ4n) is 3.35. The first-order valence-corrected chi connectivity index (χ1v) is 7.95. The normalized spacial score (nSPS) is 22.3.